The van der Waals surface area contributed by atoms with Crippen molar-refractivity contribution in [2.24, 2.45) is 0 Å². The minimum atomic E-state index is -4.35. The van der Waals surface area contributed by atoms with E-state index in [1.54, 1.807) is 25.4 Å². The number of furan rings is 1. The molecule has 0 saturated carbocycles. The molecule has 39 heavy (non-hydrogen) atoms. The van der Waals surface area contributed by atoms with Gasteiger partial charge in [-0.05, 0) is 68.8 Å². The quantitative estimate of drug-likeness (QED) is 0.261. The minimum absolute atomic E-state index is 0.0438. The highest BCUT2D eigenvalue weighted by atomic mass is 19.4. The first-order valence-corrected chi connectivity index (χ1v) is 12.8. The molecule has 0 spiro atoms. The number of fused-ring (bicyclic) bond motifs is 3. The molecule has 1 aliphatic rings. The Morgan fingerprint density at radius 1 is 1.13 bits per heavy atom. The summed E-state index contributed by atoms with van der Waals surface area (Å²) in [6.07, 6.45) is 1.02. The Bertz CT molecular complexity index is 1490. The van der Waals surface area contributed by atoms with Gasteiger partial charge in [-0.2, -0.15) is 13.2 Å². The molecular formula is C29H29F3N2O5. The minimum Gasteiger partial charge on any atom is -0.507 e. The number of phenolic OH excluding ortho intramolecular Hbond substituents is 1. The van der Waals surface area contributed by atoms with Crippen molar-refractivity contribution in [2.75, 3.05) is 26.8 Å². The number of aromatic nitrogens is 1. The summed E-state index contributed by atoms with van der Waals surface area (Å²) in [4.78, 5) is 19.5. The Balaban J connectivity index is 1.77. The van der Waals surface area contributed by atoms with Gasteiger partial charge in [-0.3, -0.25) is 9.88 Å². The lowest BCUT2D eigenvalue weighted by Crippen LogP contribution is -2.34. The second-order valence-electron chi connectivity index (χ2n) is 9.69. The fourth-order valence-corrected chi connectivity index (χ4v) is 5.44. The van der Waals surface area contributed by atoms with Gasteiger partial charge in [0.05, 0.1) is 26.2 Å². The maximum Gasteiger partial charge on any atom is 0.392 e. The average molecular weight is 543 g/mol. The van der Waals surface area contributed by atoms with Crippen LogP contribution in [0.3, 0.4) is 0 Å². The van der Waals surface area contributed by atoms with Gasteiger partial charge >= 0.3 is 12.1 Å². The van der Waals surface area contributed by atoms with Gasteiger partial charge in [-0.15, -0.1) is 0 Å². The van der Waals surface area contributed by atoms with E-state index in [4.69, 9.17) is 13.9 Å². The van der Waals surface area contributed by atoms with Crippen LogP contribution in [0.25, 0.3) is 21.7 Å². The van der Waals surface area contributed by atoms with E-state index in [1.165, 1.54) is 19.2 Å². The van der Waals surface area contributed by atoms with Crippen molar-refractivity contribution in [2.45, 2.75) is 44.8 Å². The summed E-state index contributed by atoms with van der Waals surface area (Å²) >= 11 is 0. The number of esters is 1. The number of methoxy groups -OCH3 is 1. The number of carbonyl (C=O) groups is 1. The number of nitrogens with zero attached hydrogens (tertiary/aromatic N) is 2. The standard InChI is InChI=1S/C29H29F3N2O5/c1-17-22(28(36)37-2)23-24(25(18-8-11-33-12-9-18)34-13-4-3-5-14-34)26(35)20-7-6-19(16-21(20)27(23)39-17)38-15-10-29(30,31)32/h6-9,11-12,16,25,35H,3-5,10,13-15H2,1-2H3. The van der Waals surface area contributed by atoms with E-state index in [0.29, 0.717) is 33.1 Å². The number of hydrogen-bond donors (Lipinski definition) is 1. The highest BCUT2D eigenvalue weighted by molar-refractivity contribution is 6.17. The van der Waals surface area contributed by atoms with Crippen LogP contribution in [0.2, 0.25) is 0 Å². The van der Waals surface area contributed by atoms with Gasteiger partial charge in [0.1, 0.15) is 28.4 Å². The van der Waals surface area contributed by atoms with E-state index >= 15 is 0 Å². The number of ether oxygens (including phenoxy) is 2. The van der Waals surface area contributed by atoms with Crippen molar-refractivity contribution >= 4 is 27.7 Å². The maximum atomic E-state index is 13.0. The fourth-order valence-electron chi connectivity index (χ4n) is 5.44. The predicted octanol–water partition coefficient (Wildman–Crippen LogP) is 6.69. The highest BCUT2D eigenvalue weighted by Gasteiger charge is 2.34. The molecule has 2 aromatic carbocycles. The topological polar surface area (TPSA) is 85.0 Å². The van der Waals surface area contributed by atoms with Crippen molar-refractivity contribution in [1.82, 2.24) is 9.88 Å². The first-order valence-electron chi connectivity index (χ1n) is 12.8. The van der Waals surface area contributed by atoms with Crippen LogP contribution < -0.4 is 4.74 Å². The van der Waals surface area contributed by atoms with Crippen molar-refractivity contribution in [1.29, 1.82) is 0 Å². The molecule has 5 rings (SSSR count). The molecule has 1 saturated heterocycles. The van der Waals surface area contributed by atoms with E-state index in [0.717, 1.165) is 37.9 Å². The van der Waals surface area contributed by atoms with Crippen molar-refractivity contribution in [3.8, 4) is 11.5 Å². The molecule has 4 aromatic rings. The Morgan fingerprint density at radius 2 is 1.85 bits per heavy atom. The molecule has 1 aliphatic heterocycles. The molecule has 0 radical (unpaired) electrons. The van der Waals surface area contributed by atoms with Crippen molar-refractivity contribution < 1.29 is 37.0 Å². The molecule has 1 atom stereocenters. The number of likely N-dealkylation sites (tertiary alicyclic amines) is 1. The number of piperidine rings is 1. The SMILES string of the molecule is COC(=O)c1c(C)oc2c1c(C(c1ccncc1)N1CCCCC1)c(O)c1ccc(OCCC(F)(F)F)cc12. The number of alkyl halides is 3. The number of benzene rings is 2. The molecule has 1 fully saturated rings. The number of hydrogen-bond acceptors (Lipinski definition) is 7. The van der Waals surface area contributed by atoms with Gasteiger partial charge in [-0.25, -0.2) is 4.79 Å². The summed E-state index contributed by atoms with van der Waals surface area (Å²) in [7, 11) is 1.28. The van der Waals surface area contributed by atoms with Gasteiger partial charge in [-0.1, -0.05) is 6.42 Å². The van der Waals surface area contributed by atoms with Crippen molar-refractivity contribution in [3.05, 3.63) is 65.2 Å². The summed E-state index contributed by atoms with van der Waals surface area (Å²) < 4.78 is 54.6. The summed E-state index contributed by atoms with van der Waals surface area (Å²) in [6, 6.07) is 8.01. The molecular weight excluding hydrogens is 513 g/mol. The normalized spacial score (nSPS) is 15.5. The third-order valence-electron chi connectivity index (χ3n) is 7.19. The molecule has 0 aliphatic carbocycles. The number of pyridine rings is 1. The first kappa shape index (κ1) is 26.8. The maximum absolute atomic E-state index is 13.0. The van der Waals surface area contributed by atoms with E-state index in [9.17, 15) is 23.1 Å². The van der Waals surface area contributed by atoms with E-state index in [-0.39, 0.29) is 17.1 Å². The predicted molar refractivity (Wildman–Crippen MR) is 139 cm³/mol. The smallest absolute Gasteiger partial charge is 0.392 e. The average Bonchev–Trinajstić information content (AvgIpc) is 3.27. The number of rotatable bonds is 7. The molecule has 3 heterocycles. The van der Waals surface area contributed by atoms with E-state index < -0.39 is 31.2 Å². The van der Waals surface area contributed by atoms with Gasteiger partial charge in [0.25, 0.3) is 0 Å². The number of halogens is 3. The summed E-state index contributed by atoms with van der Waals surface area (Å²) in [5.41, 5.74) is 1.92. The number of aromatic hydroxyl groups is 1. The zero-order chi connectivity index (χ0) is 27.7. The first-order chi connectivity index (χ1) is 18.7. The van der Waals surface area contributed by atoms with Crippen LogP contribution in [0.15, 0.2) is 47.1 Å². The molecule has 206 valence electrons. The molecule has 1 N–H and O–H groups in total. The second kappa shape index (κ2) is 10.8. The molecule has 2 aromatic heterocycles. The number of aryl methyl sites for hydroxylation is 1. The molecule has 0 amide bonds. The summed E-state index contributed by atoms with van der Waals surface area (Å²) in [5, 5.41) is 13.1. The summed E-state index contributed by atoms with van der Waals surface area (Å²) in [5.74, 6) is -0.162. The second-order valence-corrected chi connectivity index (χ2v) is 9.69. The third kappa shape index (κ3) is 5.25. The van der Waals surface area contributed by atoms with Gasteiger partial charge in [0.2, 0.25) is 0 Å². The van der Waals surface area contributed by atoms with E-state index in [1.807, 2.05) is 12.1 Å². The lowest BCUT2D eigenvalue weighted by molar-refractivity contribution is -0.139. The Morgan fingerprint density at radius 3 is 2.51 bits per heavy atom. The van der Waals surface area contributed by atoms with Gasteiger partial charge in [0.15, 0.2) is 0 Å². The Labute approximate surface area is 223 Å². The Hall–Kier alpha value is -3.79. The number of phenols is 1. The Kier molecular flexibility index (Phi) is 7.40. The molecule has 10 heteroatoms. The zero-order valence-electron chi connectivity index (χ0n) is 21.7. The largest absolute Gasteiger partial charge is 0.507 e. The fraction of sp³-hybridized carbons (Fsp3) is 0.379. The van der Waals surface area contributed by atoms with Crippen LogP contribution in [0.1, 0.15) is 59.0 Å². The lowest BCUT2D eigenvalue weighted by atomic mass is 9.88. The van der Waals surface area contributed by atoms with Crippen LogP contribution in [-0.4, -0.2) is 53.9 Å². The van der Waals surface area contributed by atoms with E-state index in [2.05, 4.69) is 9.88 Å². The van der Waals surface area contributed by atoms with Crippen LogP contribution in [0.5, 0.6) is 11.5 Å². The molecule has 0 bridgehead atoms. The third-order valence-corrected chi connectivity index (χ3v) is 7.19. The molecule has 7 nitrogen and oxygen atoms in total. The lowest BCUT2D eigenvalue weighted by Gasteiger charge is -2.36. The van der Waals surface area contributed by atoms with Crippen molar-refractivity contribution in [3.63, 3.8) is 0 Å². The van der Waals surface area contributed by atoms with Gasteiger partial charge < -0.3 is 19.0 Å². The van der Waals surface area contributed by atoms with Gasteiger partial charge in [0, 0.05) is 34.1 Å². The van der Waals surface area contributed by atoms with Crippen LogP contribution >= 0.6 is 0 Å². The highest BCUT2D eigenvalue weighted by Crippen LogP contribution is 2.48. The summed E-state index contributed by atoms with van der Waals surface area (Å²) in [6.45, 7) is 2.68. The molecule has 1 unspecified atom stereocenters. The monoisotopic (exact) mass is 542 g/mol. The van der Waals surface area contributed by atoms with Crippen LogP contribution in [0, 0.1) is 6.92 Å². The van der Waals surface area contributed by atoms with Crippen LogP contribution in [-0.2, 0) is 4.74 Å². The zero-order valence-corrected chi connectivity index (χ0v) is 21.7. The van der Waals surface area contributed by atoms with Crippen LogP contribution in [0.4, 0.5) is 13.2 Å². The number of carbonyl (C=O) groups excluding carboxylic acids is 1.